The zero-order chi connectivity index (χ0) is 14.6. The molecule has 0 radical (unpaired) electrons. The minimum absolute atomic E-state index is 0.0768. The smallest absolute Gasteiger partial charge is 0.176 e. The summed E-state index contributed by atoms with van der Waals surface area (Å²) in [6.07, 6.45) is 1.59. The molecule has 1 aromatic rings. The van der Waals surface area contributed by atoms with Crippen molar-refractivity contribution in [2.75, 3.05) is 7.11 Å². The number of carbonyl (C=O) groups is 1. The topological polar surface area (TPSA) is 26.3 Å². The van der Waals surface area contributed by atoms with Crippen LogP contribution >= 0.6 is 27.5 Å². The van der Waals surface area contributed by atoms with Gasteiger partial charge >= 0.3 is 0 Å². The third-order valence-electron chi connectivity index (χ3n) is 2.95. The molecule has 0 fully saturated rings. The van der Waals surface area contributed by atoms with Crippen LogP contribution in [0.1, 0.15) is 43.1 Å². The van der Waals surface area contributed by atoms with Crippen LogP contribution in [0.2, 0.25) is 5.02 Å². The number of methoxy groups -OCH3 is 1. The molecule has 1 atom stereocenters. The molecule has 106 valence electrons. The Hall–Kier alpha value is -0.540. The molecule has 0 saturated carbocycles. The summed E-state index contributed by atoms with van der Waals surface area (Å²) in [6.45, 7) is 6.21. The first-order valence-corrected chi connectivity index (χ1v) is 7.74. The molecule has 0 bridgehead atoms. The fourth-order valence-electron chi connectivity index (χ4n) is 1.99. The van der Waals surface area contributed by atoms with Gasteiger partial charge in [0.15, 0.2) is 5.78 Å². The van der Waals surface area contributed by atoms with Crippen LogP contribution in [0.4, 0.5) is 0 Å². The van der Waals surface area contributed by atoms with E-state index in [0.29, 0.717) is 22.3 Å². The predicted octanol–water partition coefficient (Wildman–Crippen LogP) is 4.90. The van der Waals surface area contributed by atoms with E-state index >= 15 is 0 Å². The van der Waals surface area contributed by atoms with Crippen molar-refractivity contribution in [3.8, 4) is 5.75 Å². The molecular weight excluding hydrogens is 328 g/mol. The molecule has 2 nitrogen and oxygen atoms in total. The van der Waals surface area contributed by atoms with Crippen molar-refractivity contribution in [2.24, 2.45) is 5.92 Å². The van der Waals surface area contributed by atoms with Crippen molar-refractivity contribution < 1.29 is 9.53 Å². The third-order valence-corrected chi connectivity index (χ3v) is 4.02. The van der Waals surface area contributed by atoms with E-state index in [1.165, 1.54) is 0 Å². The van der Waals surface area contributed by atoms with E-state index in [1.54, 1.807) is 13.2 Å². The summed E-state index contributed by atoms with van der Waals surface area (Å²) in [6, 6.07) is 3.57. The van der Waals surface area contributed by atoms with Crippen molar-refractivity contribution in [3.05, 3.63) is 28.3 Å². The van der Waals surface area contributed by atoms with Gasteiger partial charge in [-0.2, -0.15) is 0 Å². The Labute approximate surface area is 128 Å². The number of ketones is 1. The van der Waals surface area contributed by atoms with Crippen molar-refractivity contribution in [1.29, 1.82) is 0 Å². The molecule has 0 heterocycles. The molecule has 0 aliphatic heterocycles. The molecule has 0 N–H and O–H groups in total. The molecule has 0 aliphatic carbocycles. The molecule has 0 aliphatic rings. The lowest BCUT2D eigenvalue weighted by Crippen LogP contribution is -2.17. The second kappa shape index (κ2) is 7.30. The van der Waals surface area contributed by atoms with Crippen LogP contribution in [0.5, 0.6) is 5.75 Å². The number of benzene rings is 1. The van der Waals surface area contributed by atoms with Gasteiger partial charge in [-0.05, 0) is 36.5 Å². The van der Waals surface area contributed by atoms with Gasteiger partial charge in [0.2, 0.25) is 0 Å². The van der Waals surface area contributed by atoms with Crippen LogP contribution in [-0.4, -0.2) is 17.7 Å². The summed E-state index contributed by atoms with van der Waals surface area (Å²) in [5.74, 6) is 1.20. The normalized spacial score (nSPS) is 12.6. The molecule has 0 saturated heterocycles. The molecule has 1 aromatic carbocycles. The fraction of sp³-hybridized carbons (Fsp3) is 0.533. The van der Waals surface area contributed by atoms with Crippen molar-refractivity contribution in [1.82, 2.24) is 0 Å². The number of alkyl halides is 1. The fourth-order valence-corrected chi connectivity index (χ4v) is 3.31. The molecule has 19 heavy (non-hydrogen) atoms. The lowest BCUT2D eigenvalue weighted by molar-refractivity contribution is 0.0984. The first-order valence-electron chi connectivity index (χ1n) is 6.45. The Bertz CT molecular complexity index is 458. The predicted molar refractivity (Wildman–Crippen MR) is 83.9 cm³/mol. The van der Waals surface area contributed by atoms with E-state index < -0.39 is 0 Å². The van der Waals surface area contributed by atoms with Crippen LogP contribution in [0.15, 0.2) is 12.1 Å². The van der Waals surface area contributed by atoms with E-state index in [2.05, 4.69) is 29.8 Å². The summed E-state index contributed by atoms with van der Waals surface area (Å²) in [7, 11) is 1.59. The molecule has 0 spiro atoms. The SMILES string of the molecule is CCc1cc(C(=O)C(Br)CC(C)C)cc(Cl)c1OC. The Morgan fingerprint density at radius 3 is 2.53 bits per heavy atom. The van der Waals surface area contributed by atoms with Crippen molar-refractivity contribution in [2.45, 2.75) is 38.4 Å². The zero-order valence-corrected chi connectivity index (χ0v) is 14.1. The lowest BCUT2D eigenvalue weighted by atomic mass is 9.98. The first kappa shape index (κ1) is 16.5. The van der Waals surface area contributed by atoms with Crippen LogP contribution in [0.25, 0.3) is 0 Å². The minimum Gasteiger partial charge on any atom is -0.495 e. The van der Waals surface area contributed by atoms with Crippen LogP contribution in [-0.2, 0) is 6.42 Å². The number of ether oxygens (including phenoxy) is 1. The van der Waals surface area contributed by atoms with Gasteiger partial charge < -0.3 is 4.74 Å². The average molecular weight is 348 g/mol. The standard InChI is InChI=1S/C15H20BrClO2/c1-5-10-7-11(8-13(17)15(10)19-4)14(18)12(16)6-9(2)3/h7-9,12H,5-6H2,1-4H3. The maximum atomic E-state index is 12.4. The molecule has 0 amide bonds. The van der Waals surface area contributed by atoms with E-state index in [-0.39, 0.29) is 10.6 Å². The van der Waals surface area contributed by atoms with Gasteiger partial charge in [0.1, 0.15) is 5.75 Å². The molecule has 0 aromatic heterocycles. The number of hydrogen-bond acceptors (Lipinski definition) is 2. The number of rotatable bonds is 6. The highest BCUT2D eigenvalue weighted by Crippen LogP contribution is 2.32. The maximum Gasteiger partial charge on any atom is 0.176 e. The number of halogens is 2. The first-order chi connectivity index (χ1) is 8.90. The van der Waals surface area contributed by atoms with Crippen LogP contribution in [0.3, 0.4) is 0 Å². The van der Waals surface area contributed by atoms with Gasteiger partial charge in [-0.1, -0.05) is 48.3 Å². The summed E-state index contributed by atoms with van der Waals surface area (Å²) in [4.78, 5) is 12.2. The Morgan fingerprint density at radius 2 is 2.05 bits per heavy atom. The third kappa shape index (κ3) is 4.22. The minimum atomic E-state index is -0.165. The quantitative estimate of drug-likeness (QED) is 0.540. The van der Waals surface area contributed by atoms with Crippen LogP contribution < -0.4 is 4.74 Å². The second-order valence-corrected chi connectivity index (χ2v) is 6.48. The monoisotopic (exact) mass is 346 g/mol. The summed E-state index contributed by atoms with van der Waals surface area (Å²) in [5, 5.41) is 0.495. The van der Waals surface area contributed by atoms with Crippen LogP contribution in [0, 0.1) is 5.92 Å². The van der Waals surface area contributed by atoms with Gasteiger partial charge in [0.25, 0.3) is 0 Å². The summed E-state index contributed by atoms with van der Waals surface area (Å²) in [5.41, 5.74) is 1.60. The van der Waals surface area contributed by atoms with Gasteiger partial charge in [0, 0.05) is 5.56 Å². The highest BCUT2D eigenvalue weighted by molar-refractivity contribution is 9.10. The highest BCUT2D eigenvalue weighted by Gasteiger charge is 2.20. The van der Waals surface area contributed by atoms with Crippen molar-refractivity contribution >= 4 is 33.3 Å². The Balaban J connectivity index is 3.08. The molecule has 4 heteroatoms. The highest BCUT2D eigenvalue weighted by atomic mass is 79.9. The van der Waals surface area contributed by atoms with E-state index in [0.717, 1.165) is 18.4 Å². The number of hydrogen-bond donors (Lipinski definition) is 0. The van der Waals surface area contributed by atoms with E-state index in [1.807, 2.05) is 13.0 Å². The molecule has 1 unspecified atom stereocenters. The summed E-state index contributed by atoms with van der Waals surface area (Å²) < 4.78 is 5.27. The number of carbonyl (C=O) groups excluding carboxylic acids is 1. The largest absolute Gasteiger partial charge is 0.495 e. The van der Waals surface area contributed by atoms with E-state index in [9.17, 15) is 4.79 Å². The number of aryl methyl sites for hydroxylation is 1. The van der Waals surface area contributed by atoms with Crippen molar-refractivity contribution in [3.63, 3.8) is 0 Å². The maximum absolute atomic E-state index is 12.4. The van der Waals surface area contributed by atoms with Gasteiger partial charge in [0.05, 0.1) is 17.0 Å². The average Bonchev–Trinajstić information content (AvgIpc) is 2.35. The van der Waals surface area contributed by atoms with Gasteiger partial charge in [-0.25, -0.2) is 0 Å². The zero-order valence-electron chi connectivity index (χ0n) is 11.8. The van der Waals surface area contributed by atoms with E-state index in [4.69, 9.17) is 16.3 Å². The Kier molecular flexibility index (Phi) is 6.34. The number of Topliss-reactive ketones (excluding diaryl/α,β-unsaturated/α-hetero) is 1. The molecule has 1 rings (SSSR count). The van der Waals surface area contributed by atoms with Gasteiger partial charge in [-0.3, -0.25) is 4.79 Å². The second-order valence-electron chi connectivity index (χ2n) is 4.97. The molecular formula is C15H20BrClO2. The lowest BCUT2D eigenvalue weighted by Gasteiger charge is -2.14. The Morgan fingerprint density at radius 1 is 1.42 bits per heavy atom. The summed E-state index contributed by atoms with van der Waals surface area (Å²) >= 11 is 9.64. The van der Waals surface area contributed by atoms with Gasteiger partial charge in [-0.15, -0.1) is 0 Å².